The smallest absolute Gasteiger partial charge is 0.243 e. The quantitative estimate of drug-likeness (QED) is 0.261. The molecule has 1 aliphatic heterocycles. The summed E-state index contributed by atoms with van der Waals surface area (Å²) in [6, 6.07) is 11.8. The first-order chi connectivity index (χ1) is 20.7. The zero-order valence-electron chi connectivity index (χ0n) is 23.7. The molecule has 2 aromatic heterocycles. The molecule has 3 heterocycles. The number of nitrogens with one attached hydrogen (secondary N) is 1. The second-order valence-corrected chi connectivity index (χ2v) is 11.8. The molecule has 43 heavy (non-hydrogen) atoms. The summed E-state index contributed by atoms with van der Waals surface area (Å²) in [6.07, 6.45) is 4.81. The number of carbonyl (C=O) groups is 1. The minimum Gasteiger partial charge on any atom is -0.497 e. The van der Waals surface area contributed by atoms with Crippen molar-refractivity contribution in [3.05, 3.63) is 78.0 Å². The van der Waals surface area contributed by atoms with Crippen molar-refractivity contribution in [2.45, 2.75) is 17.5 Å². The number of aromatic nitrogens is 4. The number of halogens is 1. The Kier molecular flexibility index (Phi) is 8.99. The lowest BCUT2D eigenvalue weighted by Crippen LogP contribution is -2.60. The number of imidazole rings is 1. The fraction of sp³-hybridized carbons (Fsp3) is 0.286. The van der Waals surface area contributed by atoms with Crippen molar-refractivity contribution in [3.8, 4) is 23.2 Å². The van der Waals surface area contributed by atoms with E-state index in [4.69, 9.17) is 25.8 Å². The van der Waals surface area contributed by atoms with Gasteiger partial charge >= 0.3 is 0 Å². The number of nitrogens with zero attached hydrogens (tertiary/aromatic N) is 6. The molecule has 0 spiro atoms. The molecule has 15 heteroatoms. The second kappa shape index (κ2) is 12.9. The number of rotatable bonds is 10. The van der Waals surface area contributed by atoms with Crippen molar-refractivity contribution in [1.82, 2.24) is 29.1 Å². The van der Waals surface area contributed by atoms with Crippen LogP contribution in [0.1, 0.15) is 5.56 Å². The lowest BCUT2D eigenvalue weighted by atomic mass is 10.1. The van der Waals surface area contributed by atoms with Crippen molar-refractivity contribution < 1.29 is 27.4 Å². The van der Waals surface area contributed by atoms with Gasteiger partial charge in [-0.1, -0.05) is 17.7 Å². The lowest BCUT2D eigenvalue weighted by molar-refractivity contribution is -0.125. The van der Waals surface area contributed by atoms with Crippen LogP contribution >= 0.6 is 11.6 Å². The monoisotopic (exact) mass is 627 g/mol. The van der Waals surface area contributed by atoms with Crippen molar-refractivity contribution >= 4 is 33.3 Å². The van der Waals surface area contributed by atoms with Gasteiger partial charge in [0.15, 0.2) is 11.5 Å². The zero-order chi connectivity index (χ0) is 30.6. The molecule has 1 N–H and O–H groups in total. The Labute approximate surface area is 254 Å². The van der Waals surface area contributed by atoms with Gasteiger partial charge in [0.25, 0.3) is 0 Å². The molecule has 5 rings (SSSR count). The highest BCUT2D eigenvalue weighted by Gasteiger charge is 2.40. The molecule has 0 radical (unpaired) electrons. The van der Waals surface area contributed by atoms with Gasteiger partial charge in [-0.25, -0.2) is 18.4 Å². The summed E-state index contributed by atoms with van der Waals surface area (Å²) in [5.74, 6) is 1.84. The van der Waals surface area contributed by atoms with Crippen molar-refractivity contribution in [1.29, 1.82) is 0 Å². The molecule has 1 atom stereocenters. The van der Waals surface area contributed by atoms with E-state index < -0.39 is 22.0 Å². The van der Waals surface area contributed by atoms with Crippen molar-refractivity contribution in [2.75, 3.05) is 45.9 Å². The third-order valence-electron chi connectivity index (χ3n) is 6.94. The molecule has 1 fully saturated rings. The summed E-state index contributed by atoms with van der Waals surface area (Å²) in [7, 11) is 0.501. The van der Waals surface area contributed by atoms with E-state index >= 15 is 0 Å². The topological polar surface area (TPSA) is 141 Å². The third kappa shape index (κ3) is 6.50. The van der Waals surface area contributed by atoms with E-state index in [0.717, 1.165) is 5.56 Å². The number of methoxy groups -OCH3 is 3. The summed E-state index contributed by atoms with van der Waals surface area (Å²) >= 11 is 6.33. The average molecular weight is 628 g/mol. The molecule has 4 aromatic rings. The van der Waals surface area contributed by atoms with Crippen LogP contribution in [-0.4, -0.2) is 85.2 Å². The molecule has 0 bridgehead atoms. The van der Waals surface area contributed by atoms with Crippen LogP contribution in [0.15, 0.2) is 72.1 Å². The number of sulfonamides is 1. The van der Waals surface area contributed by atoms with Crippen LogP contribution in [0.3, 0.4) is 0 Å². The maximum absolute atomic E-state index is 13.8. The standard InChI is InChI=1S/C28H30ClN7O6S/c1-40-20-5-7-21(8-6-20)43(38,39)36-13-12-34(26-15-25(29)32-28(33-26)35-11-10-30-18-35)17-22(36)27(37)31-16-19-4-9-23(41-2)24(14-19)42-3/h4-11,14-15,18,22H,12-13,16-17H2,1-3H3,(H,31,37). The predicted octanol–water partition coefficient (Wildman–Crippen LogP) is 2.54. The van der Waals surface area contributed by atoms with E-state index in [1.807, 2.05) is 4.90 Å². The minimum absolute atomic E-state index is 0.0177. The van der Waals surface area contributed by atoms with Gasteiger partial charge in [-0.15, -0.1) is 0 Å². The number of anilines is 1. The van der Waals surface area contributed by atoms with Gasteiger partial charge in [-0.05, 0) is 42.0 Å². The maximum Gasteiger partial charge on any atom is 0.243 e. The van der Waals surface area contributed by atoms with Crippen LogP contribution in [0.2, 0.25) is 5.15 Å². The summed E-state index contributed by atoms with van der Waals surface area (Å²) < 4.78 is 46.3. The lowest BCUT2D eigenvalue weighted by Gasteiger charge is -2.40. The second-order valence-electron chi connectivity index (χ2n) is 9.48. The highest BCUT2D eigenvalue weighted by molar-refractivity contribution is 7.89. The molecule has 1 amide bonds. The largest absolute Gasteiger partial charge is 0.497 e. The normalized spacial score (nSPS) is 15.6. The first-order valence-electron chi connectivity index (χ1n) is 13.2. The number of hydrogen-bond acceptors (Lipinski definition) is 10. The summed E-state index contributed by atoms with van der Waals surface area (Å²) in [4.78, 5) is 28.5. The number of ether oxygens (including phenoxy) is 3. The van der Waals surface area contributed by atoms with Crippen LogP contribution in [0.5, 0.6) is 17.2 Å². The number of amides is 1. The van der Waals surface area contributed by atoms with Gasteiger partial charge < -0.3 is 24.4 Å². The third-order valence-corrected chi connectivity index (χ3v) is 9.06. The summed E-state index contributed by atoms with van der Waals surface area (Å²) in [6.45, 7) is 0.427. The predicted molar refractivity (Wildman–Crippen MR) is 158 cm³/mol. The van der Waals surface area contributed by atoms with E-state index in [1.165, 1.54) is 37.8 Å². The number of carbonyl (C=O) groups excluding carboxylic acids is 1. The van der Waals surface area contributed by atoms with Gasteiger partial charge in [0.2, 0.25) is 21.9 Å². The van der Waals surface area contributed by atoms with E-state index in [0.29, 0.717) is 29.0 Å². The zero-order valence-corrected chi connectivity index (χ0v) is 25.2. The highest BCUT2D eigenvalue weighted by Crippen LogP contribution is 2.29. The van der Waals surface area contributed by atoms with E-state index in [9.17, 15) is 13.2 Å². The Bertz CT molecular complexity index is 1690. The fourth-order valence-corrected chi connectivity index (χ4v) is 6.45. The molecule has 1 unspecified atom stereocenters. The van der Waals surface area contributed by atoms with Gasteiger partial charge in [-0.3, -0.25) is 9.36 Å². The molecule has 13 nitrogen and oxygen atoms in total. The van der Waals surface area contributed by atoms with Gasteiger partial charge in [0.1, 0.15) is 29.1 Å². The number of benzene rings is 2. The van der Waals surface area contributed by atoms with E-state index in [1.54, 1.807) is 59.7 Å². The summed E-state index contributed by atoms with van der Waals surface area (Å²) in [5, 5.41) is 3.08. The van der Waals surface area contributed by atoms with Crippen LogP contribution < -0.4 is 24.4 Å². The van der Waals surface area contributed by atoms with Crippen molar-refractivity contribution in [2.24, 2.45) is 0 Å². The van der Waals surface area contributed by atoms with Crippen LogP contribution in [0.25, 0.3) is 5.95 Å². The molecular weight excluding hydrogens is 598 g/mol. The molecule has 2 aromatic carbocycles. The fourth-order valence-electron chi connectivity index (χ4n) is 4.71. The highest BCUT2D eigenvalue weighted by atomic mass is 35.5. The SMILES string of the molecule is COc1ccc(S(=O)(=O)N2CCN(c3cc(Cl)nc(-n4ccnc4)n3)CC2C(=O)NCc2ccc(OC)c(OC)c2)cc1. The first kappa shape index (κ1) is 30.1. The Morgan fingerprint density at radius 2 is 1.77 bits per heavy atom. The Morgan fingerprint density at radius 3 is 2.44 bits per heavy atom. The van der Waals surface area contributed by atoms with E-state index in [2.05, 4.69) is 20.3 Å². The minimum atomic E-state index is -4.06. The first-order valence-corrected chi connectivity index (χ1v) is 15.0. The molecule has 0 saturated carbocycles. The van der Waals surface area contributed by atoms with Crippen molar-refractivity contribution in [3.63, 3.8) is 0 Å². The number of piperazine rings is 1. The molecule has 1 aliphatic rings. The molecule has 226 valence electrons. The molecule has 1 saturated heterocycles. The van der Waals surface area contributed by atoms with Crippen LogP contribution in [0, 0.1) is 0 Å². The molecular formula is C28H30ClN7O6S. The Morgan fingerprint density at radius 1 is 1.00 bits per heavy atom. The van der Waals surface area contributed by atoms with Gasteiger partial charge in [0.05, 0.1) is 26.2 Å². The Hall–Kier alpha value is -4.40. The van der Waals surface area contributed by atoms with Gasteiger partial charge in [-0.2, -0.15) is 9.29 Å². The van der Waals surface area contributed by atoms with Gasteiger partial charge in [0, 0.05) is 44.6 Å². The Balaban J connectivity index is 1.44. The van der Waals surface area contributed by atoms with Crippen LogP contribution in [0.4, 0.5) is 5.82 Å². The number of hydrogen-bond donors (Lipinski definition) is 1. The average Bonchev–Trinajstić information content (AvgIpc) is 3.58. The molecule has 0 aliphatic carbocycles. The van der Waals surface area contributed by atoms with E-state index in [-0.39, 0.29) is 36.2 Å². The maximum atomic E-state index is 13.8. The summed E-state index contributed by atoms with van der Waals surface area (Å²) in [5.41, 5.74) is 0.746. The van der Waals surface area contributed by atoms with Crippen LogP contribution in [-0.2, 0) is 21.4 Å².